The van der Waals surface area contributed by atoms with Crippen LogP contribution >= 0.6 is 196 Å². The zero-order chi connectivity index (χ0) is 12.2. The third-order valence-corrected chi connectivity index (χ3v) is 909. The van der Waals surface area contributed by atoms with E-state index in [0.717, 1.165) is 0 Å². The molecular weight excluding hydrogens is 1900 g/mol. The summed E-state index contributed by atoms with van der Waals surface area (Å²) in [5, 5.41) is 0. The van der Waals surface area contributed by atoms with Gasteiger partial charge in [-0.1, -0.05) is 0 Å². The first-order valence-electron chi connectivity index (χ1n) is 2.00. The average molecular weight is 1900 g/mol. The van der Waals surface area contributed by atoms with Crippen LogP contribution in [0.15, 0.2) is 0 Å². The first kappa shape index (κ1) is 25.9. The van der Waals surface area contributed by atoms with Crippen LogP contribution < -0.4 is 13.3 Å². The Kier molecular flexibility index (Phi) is 27.6. The van der Waals surface area contributed by atoms with Crippen molar-refractivity contribution in [2.24, 2.45) is 0 Å². The molecule has 0 aromatic rings. The van der Waals surface area contributed by atoms with E-state index in [1.54, 1.807) is 0 Å². The summed E-state index contributed by atoms with van der Waals surface area (Å²) in [6, 6.07) is 0. The fraction of sp³-hybridized carbons (Fsp3) is 0. The molecule has 0 saturated carbocycles. The number of hydrogen-bond donors (Lipinski definition) is 0. The van der Waals surface area contributed by atoms with E-state index in [0.29, 0.717) is 13.3 Å². The van der Waals surface area contributed by atoms with Gasteiger partial charge in [-0.05, 0) is 0 Å². The number of rotatable bonds is 6. The van der Waals surface area contributed by atoms with Crippen LogP contribution in [0.1, 0.15) is 0 Å². The zero-order valence-corrected chi connectivity index (χ0v) is 38.0. The van der Waals surface area contributed by atoms with Crippen molar-refractivity contribution in [2.75, 3.05) is 0 Å². The molecule has 0 saturated heterocycles. The van der Waals surface area contributed by atoms with Gasteiger partial charge >= 0.3 is 210 Å². The monoisotopic (exact) mass is 1900 g/mol. The van der Waals surface area contributed by atoms with Crippen molar-refractivity contribution < 1.29 is 13.3 Å². The molecule has 0 aliphatic carbocycles. The zero-order valence-electron chi connectivity index (χ0n) is 5.67. The summed E-state index contributed by atoms with van der Waals surface area (Å²) in [5.74, 6) is 0. The molecule has 0 heterocycles. The van der Waals surface area contributed by atoms with E-state index in [1.807, 2.05) is 0 Å². The molecule has 0 atom stereocenters. The molecule has 0 radical (unpaired) electrons. The molecule has 0 rings (SSSR count). The second kappa shape index (κ2) is 16.0. The van der Waals surface area contributed by atoms with Crippen LogP contribution in [-0.2, 0) is 0 Å². The summed E-state index contributed by atoms with van der Waals surface area (Å²) in [6.07, 6.45) is 0. The maximum atomic E-state index is 3.06. The standard InChI is InChI=1S/I15/c1-9-11(4)13(6)15(8)14(7)12(5)10(2)3/q-1. The van der Waals surface area contributed by atoms with Crippen molar-refractivity contribution in [2.45, 2.75) is 0 Å². The van der Waals surface area contributed by atoms with E-state index in [4.69, 9.17) is 0 Å². The second-order valence-electron chi connectivity index (χ2n) is 1.03. The van der Waals surface area contributed by atoms with Gasteiger partial charge in [0.2, 0.25) is 0 Å². The molecular formula is I15-. The Hall–Kier alpha value is 11.0. The van der Waals surface area contributed by atoms with Crippen molar-refractivity contribution in [1.29, 1.82) is 0 Å². The maximum absolute atomic E-state index is 3.06. The van der Waals surface area contributed by atoms with Crippen LogP contribution in [0.3, 0.4) is 0 Å². The van der Waals surface area contributed by atoms with Gasteiger partial charge in [0.25, 0.3) is 0 Å². The third kappa shape index (κ3) is 12.1. The predicted octanol–water partition coefficient (Wildman–Crippen LogP) is 9.40. The van der Waals surface area contributed by atoms with Gasteiger partial charge in [0.1, 0.15) is 0 Å². The van der Waals surface area contributed by atoms with E-state index >= 15 is 0 Å². The molecule has 0 bridgehead atoms. The fourth-order valence-electron chi connectivity index (χ4n) is 0.139. The molecule has 0 aliphatic rings. The minimum atomic E-state index is -0.399. The van der Waals surface area contributed by atoms with E-state index in [2.05, 4.69) is 149 Å². The fourth-order valence-corrected chi connectivity index (χ4v) is 1890. The molecule has 0 aromatic heterocycles. The molecule has 15 heteroatoms. The minimum absolute atomic E-state index is 0.291. The van der Waals surface area contributed by atoms with Gasteiger partial charge in [-0.3, -0.25) is 0 Å². The van der Waals surface area contributed by atoms with Crippen LogP contribution in [0.25, 0.3) is 0 Å². The molecule has 0 unspecified atom stereocenters. The van der Waals surface area contributed by atoms with Crippen LogP contribution in [0.5, 0.6) is 0 Å². The first-order valence-corrected chi connectivity index (χ1v) is 90.0. The van der Waals surface area contributed by atoms with Crippen molar-refractivity contribution in [3.05, 3.63) is 0 Å². The van der Waals surface area contributed by atoms with Gasteiger partial charge in [-0.25, -0.2) is 0 Å². The van der Waals surface area contributed by atoms with Gasteiger partial charge in [-0.15, -0.1) is 0 Å². The van der Waals surface area contributed by atoms with E-state index in [1.165, 1.54) is 0 Å². The molecule has 0 aromatic carbocycles. The van der Waals surface area contributed by atoms with E-state index < -0.39 is 7.89 Å². The summed E-state index contributed by atoms with van der Waals surface area (Å²) >= 11 is 24.3. The Balaban J connectivity index is 4.36. The molecule has 0 aliphatic heterocycles. The van der Waals surface area contributed by atoms with E-state index in [-0.39, 0.29) is 39.5 Å². The van der Waals surface area contributed by atoms with Gasteiger partial charge in [0, 0.05) is 0 Å². The molecule has 0 amide bonds. The van der Waals surface area contributed by atoms with Crippen LogP contribution in [-0.4, -0.2) is 0 Å². The van der Waals surface area contributed by atoms with Crippen LogP contribution in [0.4, 0.5) is 0 Å². The third-order valence-electron chi connectivity index (χ3n) is 0.449. The quantitative estimate of drug-likeness (QED) is 0.233. The number of halogens is 15. The van der Waals surface area contributed by atoms with E-state index in [9.17, 15) is 0 Å². The Morgan fingerprint density at radius 2 is 1.00 bits per heavy atom. The second-order valence-corrected chi connectivity index (χ2v) is 310. The summed E-state index contributed by atoms with van der Waals surface area (Å²) in [7, 11) is -2.01. The van der Waals surface area contributed by atoms with Gasteiger partial charge < -0.3 is 0 Å². The molecule has 0 nitrogen and oxygen atoms in total. The van der Waals surface area contributed by atoms with Gasteiger partial charge in [0.15, 0.2) is 0 Å². The summed E-state index contributed by atoms with van der Waals surface area (Å²) in [5.41, 5.74) is 0. The molecule has 0 spiro atoms. The molecule has 15 heavy (non-hydrogen) atoms. The Labute approximate surface area is 198 Å². The van der Waals surface area contributed by atoms with Crippen molar-refractivity contribution in [1.82, 2.24) is 0 Å². The average Bonchev–Trinajstić information content (AvgIpc) is 2.23. The van der Waals surface area contributed by atoms with Gasteiger partial charge in [-0.2, -0.15) is 0 Å². The Morgan fingerprint density at radius 1 is 0.600 bits per heavy atom. The molecule has 106 valence electrons. The van der Waals surface area contributed by atoms with Crippen molar-refractivity contribution >= 4 is 196 Å². The van der Waals surface area contributed by atoms with Crippen LogP contribution in [0, 0.1) is 0 Å². The Morgan fingerprint density at radius 3 is 1.33 bits per heavy atom. The van der Waals surface area contributed by atoms with Gasteiger partial charge in [0.05, 0.1) is 0 Å². The first-order chi connectivity index (χ1) is 6.82. The molecule has 0 N–H and O–H groups in total. The van der Waals surface area contributed by atoms with Crippen molar-refractivity contribution in [3.8, 4) is 0 Å². The Bertz CT molecular complexity index is 159. The van der Waals surface area contributed by atoms with Crippen molar-refractivity contribution in [3.63, 3.8) is 0 Å². The number of hydrogen-bond acceptors (Lipinski definition) is 0. The van der Waals surface area contributed by atoms with Crippen LogP contribution in [0.2, 0.25) is 0 Å². The summed E-state index contributed by atoms with van der Waals surface area (Å²) < 4.78 is 0. The summed E-state index contributed by atoms with van der Waals surface area (Å²) in [6.45, 7) is 0. The summed E-state index contributed by atoms with van der Waals surface area (Å²) in [4.78, 5) is 0. The SMILES string of the molecule is I[I-]I(I)I(I)I(I)I(I)I(I)I(I)I. The topological polar surface area (TPSA) is 0 Å². The molecule has 0 fully saturated rings. The normalized spacial score (nSPS) is 17.1. The predicted molar refractivity (Wildman–Crippen MR) is 196 cm³/mol.